The van der Waals surface area contributed by atoms with Gasteiger partial charge in [-0.15, -0.1) is 0 Å². The average molecular weight is 1120 g/mol. The normalized spacial score (nSPS) is 12.8. The molecule has 9 nitrogen and oxygen atoms in total. The number of quaternary nitrogens is 1. The number of allylic oxidation sites excluding steroid dienone is 4. The van der Waals surface area contributed by atoms with E-state index >= 15 is 0 Å². The fourth-order valence-corrected chi connectivity index (χ4v) is 10.4. The number of likely N-dealkylation sites (N-methyl/N-ethyl adjacent to an activating group) is 1. The molecule has 0 rings (SSSR count). The van der Waals surface area contributed by atoms with Gasteiger partial charge in [-0.25, -0.2) is 0 Å². The van der Waals surface area contributed by atoms with Crippen LogP contribution in [0.25, 0.3) is 0 Å². The Hall–Kier alpha value is -2.23. The van der Waals surface area contributed by atoms with E-state index in [4.69, 9.17) is 18.9 Å². The minimum absolute atomic E-state index is 0.147. The summed E-state index contributed by atoms with van der Waals surface area (Å²) >= 11 is 0. The summed E-state index contributed by atoms with van der Waals surface area (Å²) in [5.41, 5.74) is 0. The van der Waals surface area contributed by atoms with Crippen LogP contribution >= 0.6 is 0 Å². The second kappa shape index (κ2) is 61.8. The van der Waals surface area contributed by atoms with Crippen LogP contribution in [0.2, 0.25) is 0 Å². The van der Waals surface area contributed by atoms with E-state index in [1.165, 1.54) is 257 Å². The van der Waals surface area contributed by atoms with Crippen LogP contribution in [0.15, 0.2) is 24.3 Å². The smallest absolute Gasteiger partial charge is 0.306 e. The molecule has 0 spiro atoms. The van der Waals surface area contributed by atoms with Crippen molar-refractivity contribution >= 4 is 17.9 Å². The minimum Gasteiger partial charge on any atom is -0.545 e. The van der Waals surface area contributed by atoms with Crippen LogP contribution in [0.3, 0.4) is 0 Å². The third kappa shape index (κ3) is 63.2. The summed E-state index contributed by atoms with van der Waals surface area (Å²) in [5, 5.41) is 11.8. The molecule has 0 saturated carbocycles. The third-order valence-electron chi connectivity index (χ3n) is 15.7. The summed E-state index contributed by atoms with van der Waals surface area (Å²) in [6.07, 6.45) is 72.9. The minimum atomic E-state index is -1.62. The first-order valence-corrected chi connectivity index (χ1v) is 34.5. The molecule has 0 bridgehead atoms. The highest BCUT2D eigenvalue weighted by atomic mass is 16.7. The van der Waals surface area contributed by atoms with Crippen LogP contribution in [0, 0.1) is 0 Å². The van der Waals surface area contributed by atoms with Crippen LogP contribution in [0.4, 0.5) is 0 Å². The maximum Gasteiger partial charge on any atom is 0.306 e. The van der Waals surface area contributed by atoms with Crippen molar-refractivity contribution in [1.82, 2.24) is 0 Å². The molecular formula is C70H133NO8. The van der Waals surface area contributed by atoms with Crippen molar-refractivity contribution in [3.8, 4) is 0 Å². The standard InChI is InChI=1S/C70H133NO8/c1-6-8-10-12-14-16-18-20-22-24-25-26-27-28-29-30-31-32-33-34-35-36-37-38-39-40-41-42-43-44-45-47-48-50-52-54-56-58-60-67(72)77-64-66(65-78-70(69(74)75)76-63-62-71(3,4)5)79-68(73)61-59-57-55-53-51-49-46-23-21-19-17-15-13-11-9-7-2/h17,19,23,46,66,70H,6-16,18,20-22,24-45,47-65H2,1-5H3/b19-17-,46-23-. The monoisotopic (exact) mass is 1120 g/mol. The summed E-state index contributed by atoms with van der Waals surface area (Å²) < 4.78 is 22.7. The van der Waals surface area contributed by atoms with E-state index in [9.17, 15) is 19.5 Å². The molecule has 0 heterocycles. The summed E-state index contributed by atoms with van der Waals surface area (Å²) in [5.74, 6) is -2.28. The maximum atomic E-state index is 12.9. The largest absolute Gasteiger partial charge is 0.545 e. The van der Waals surface area contributed by atoms with Crippen LogP contribution in [-0.4, -0.2) is 82.3 Å². The molecule has 9 heteroatoms. The van der Waals surface area contributed by atoms with Crippen molar-refractivity contribution < 1.29 is 42.9 Å². The number of carboxylic acid groups (broad SMARTS) is 1. The highest BCUT2D eigenvalue weighted by Gasteiger charge is 2.22. The van der Waals surface area contributed by atoms with Crippen molar-refractivity contribution in [3.63, 3.8) is 0 Å². The van der Waals surface area contributed by atoms with Gasteiger partial charge in [0.25, 0.3) is 0 Å². The molecule has 0 aromatic rings. The van der Waals surface area contributed by atoms with Crippen LogP contribution in [0.5, 0.6) is 0 Å². The van der Waals surface area contributed by atoms with Gasteiger partial charge in [0.1, 0.15) is 13.2 Å². The van der Waals surface area contributed by atoms with Crippen molar-refractivity contribution in [1.29, 1.82) is 0 Å². The van der Waals surface area contributed by atoms with Gasteiger partial charge < -0.3 is 33.3 Å². The molecule has 2 unspecified atom stereocenters. The zero-order valence-electron chi connectivity index (χ0n) is 53.3. The summed E-state index contributed by atoms with van der Waals surface area (Å²) in [6, 6.07) is 0. The molecule has 0 amide bonds. The van der Waals surface area contributed by atoms with Gasteiger partial charge in [0, 0.05) is 12.8 Å². The lowest BCUT2D eigenvalue weighted by Gasteiger charge is -2.26. The molecule has 0 aromatic heterocycles. The van der Waals surface area contributed by atoms with E-state index in [1.807, 2.05) is 21.1 Å². The Morgan fingerprint density at radius 1 is 0.380 bits per heavy atom. The topological polar surface area (TPSA) is 111 Å². The predicted molar refractivity (Wildman–Crippen MR) is 334 cm³/mol. The fourth-order valence-electron chi connectivity index (χ4n) is 10.4. The van der Waals surface area contributed by atoms with Crippen molar-refractivity contribution in [2.75, 3.05) is 47.5 Å². The predicted octanol–water partition coefficient (Wildman–Crippen LogP) is 19.7. The summed E-state index contributed by atoms with van der Waals surface area (Å²) in [7, 11) is 5.93. The highest BCUT2D eigenvalue weighted by Crippen LogP contribution is 2.19. The molecule has 0 radical (unpaired) electrons. The Labute approximate surface area is 490 Å². The van der Waals surface area contributed by atoms with Crippen molar-refractivity contribution in [2.24, 2.45) is 0 Å². The first-order valence-electron chi connectivity index (χ1n) is 34.5. The second-order valence-corrected chi connectivity index (χ2v) is 24.8. The second-order valence-electron chi connectivity index (χ2n) is 24.8. The number of rotatable bonds is 65. The quantitative estimate of drug-likeness (QED) is 0.0195. The number of carbonyl (C=O) groups excluding carboxylic acids is 3. The van der Waals surface area contributed by atoms with Crippen LogP contribution in [-0.2, 0) is 33.3 Å². The number of ether oxygens (including phenoxy) is 4. The number of nitrogens with zero attached hydrogens (tertiary/aromatic N) is 1. The lowest BCUT2D eigenvalue weighted by Crippen LogP contribution is -2.44. The van der Waals surface area contributed by atoms with Gasteiger partial charge in [0.15, 0.2) is 12.4 Å². The molecule has 0 aliphatic rings. The van der Waals surface area contributed by atoms with Crippen molar-refractivity contribution in [2.45, 2.75) is 360 Å². The van der Waals surface area contributed by atoms with E-state index in [-0.39, 0.29) is 32.2 Å². The van der Waals surface area contributed by atoms with E-state index in [2.05, 4.69) is 38.2 Å². The lowest BCUT2D eigenvalue weighted by atomic mass is 10.0. The first-order chi connectivity index (χ1) is 38.6. The van der Waals surface area contributed by atoms with Gasteiger partial charge in [0.2, 0.25) is 0 Å². The van der Waals surface area contributed by atoms with Gasteiger partial charge in [-0.2, -0.15) is 0 Å². The summed E-state index contributed by atoms with van der Waals surface area (Å²) in [6.45, 7) is 4.77. The van der Waals surface area contributed by atoms with E-state index in [0.29, 0.717) is 23.9 Å². The van der Waals surface area contributed by atoms with E-state index in [1.54, 1.807) is 0 Å². The third-order valence-corrected chi connectivity index (χ3v) is 15.7. The fraction of sp³-hybridized carbons (Fsp3) is 0.900. The molecular weight excluding hydrogens is 983 g/mol. The van der Waals surface area contributed by atoms with Crippen LogP contribution < -0.4 is 5.11 Å². The summed E-state index contributed by atoms with van der Waals surface area (Å²) in [4.78, 5) is 37.3. The Morgan fingerprint density at radius 2 is 0.684 bits per heavy atom. The Kier molecular flexibility index (Phi) is 60.1. The molecule has 0 saturated heterocycles. The number of unbranched alkanes of at least 4 members (excludes halogenated alkanes) is 46. The number of hydrogen-bond donors (Lipinski definition) is 0. The first kappa shape index (κ1) is 76.8. The molecule has 0 aromatic carbocycles. The zero-order chi connectivity index (χ0) is 57.6. The van der Waals surface area contributed by atoms with Gasteiger partial charge in [-0.3, -0.25) is 9.59 Å². The van der Waals surface area contributed by atoms with Gasteiger partial charge in [-0.05, 0) is 44.9 Å². The molecule has 79 heavy (non-hydrogen) atoms. The molecule has 0 aliphatic heterocycles. The van der Waals surface area contributed by atoms with E-state index < -0.39 is 24.3 Å². The van der Waals surface area contributed by atoms with Gasteiger partial charge >= 0.3 is 11.9 Å². The van der Waals surface area contributed by atoms with Crippen LogP contribution in [0.1, 0.15) is 348 Å². The number of esters is 2. The Balaban J connectivity index is 3.92. The SMILES string of the molecule is CCCCCC/C=C\C/C=C\CCCCCCCC(=O)OC(COC(=O)CCCCCCCCCCCCCCCCCCCCCCCCCCCCCCCCCCCCCCCC)COC(OCC[N+](C)(C)C)C(=O)[O-]. The average Bonchev–Trinajstić information content (AvgIpc) is 3.42. The zero-order valence-corrected chi connectivity index (χ0v) is 53.3. The number of carboxylic acids is 1. The number of aliphatic carboxylic acids is 1. The van der Waals surface area contributed by atoms with Crippen molar-refractivity contribution in [3.05, 3.63) is 24.3 Å². The Bertz CT molecular complexity index is 1340. The van der Waals surface area contributed by atoms with Gasteiger partial charge in [0.05, 0.1) is 40.3 Å². The Morgan fingerprint density at radius 3 is 1.01 bits per heavy atom. The van der Waals surface area contributed by atoms with Gasteiger partial charge in [-0.1, -0.05) is 314 Å². The number of hydrogen-bond acceptors (Lipinski definition) is 8. The lowest BCUT2D eigenvalue weighted by molar-refractivity contribution is -0.870. The maximum absolute atomic E-state index is 12.9. The van der Waals surface area contributed by atoms with E-state index in [0.717, 1.165) is 57.8 Å². The molecule has 466 valence electrons. The highest BCUT2D eigenvalue weighted by molar-refractivity contribution is 5.70. The molecule has 0 aliphatic carbocycles. The number of carbonyl (C=O) groups is 3. The molecule has 2 atom stereocenters. The molecule has 0 fully saturated rings. The molecule has 0 N–H and O–H groups in total.